The predicted molar refractivity (Wildman–Crippen MR) is 95.9 cm³/mol. The van der Waals surface area contributed by atoms with Gasteiger partial charge in [-0.25, -0.2) is 0 Å². The number of hydrogen-bond acceptors (Lipinski definition) is 5. The van der Waals surface area contributed by atoms with Crippen LogP contribution >= 0.6 is 0 Å². The maximum absolute atomic E-state index is 5.83. The zero-order valence-electron chi connectivity index (χ0n) is 14.4. The van der Waals surface area contributed by atoms with E-state index in [1.54, 1.807) is 0 Å². The number of benzene rings is 2. The largest absolute Gasteiger partial charge is 0.485 e. The first-order chi connectivity index (χ1) is 12.8. The molecule has 0 unspecified atom stereocenters. The van der Waals surface area contributed by atoms with Crippen molar-refractivity contribution in [2.75, 3.05) is 0 Å². The molecule has 1 saturated carbocycles. The van der Waals surface area contributed by atoms with Crippen molar-refractivity contribution in [2.45, 2.75) is 24.9 Å². The maximum Gasteiger partial charge on any atom is 0.230 e. The van der Waals surface area contributed by atoms with Crippen molar-refractivity contribution in [1.29, 1.82) is 0 Å². The van der Waals surface area contributed by atoms with E-state index in [1.807, 2.05) is 48.3 Å². The lowest BCUT2D eigenvalue weighted by Gasteiger charge is -2.04. The van der Waals surface area contributed by atoms with E-state index < -0.39 is 0 Å². The molecule has 0 bridgehead atoms. The summed E-state index contributed by atoms with van der Waals surface area (Å²) in [6.07, 6.45) is 2.84. The van der Waals surface area contributed by atoms with Crippen molar-refractivity contribution in [2.24, 2.45) is 7.05 Å². The van der Waals surface area contributed by atoms with Gasteiger partial charge in [0.15, 0.2) is 6.61 Å². The molecular formula is C20H18N4O2. The Morgan fingerprint density at radius 3 is 2.85 bits per heavy atom. The van der Waals surface area contributed by atoms with Crippen LogP contribution in [0.3, 0.4) is 0 Å². The van der Waals surface area contributed by atoms with E-state index in [9.17, 15) is 0 Å². The maximum atomic E-state index is 5.83. The molecule has 2 aromatic heterocycles. The number of hydrogen-bond donors (Lipinski definition) is 0. The summed E-state index contributed by atoms with van der Waals surface area (Å²) in [6, 6.07) is 16.3. The van der Waals surface area contributed by atoms with Gasteiger partial charge in [-0.3, -0.25) is 4.68 Å². The van der Waals surface area contributed by atoms with Crippen molar-refractivity contribution in [1.82, 2.24) is 19.9 Å². The van der Waals surface area contributed by atoms with Gasteiger partial charge in [0.05, 0.1) is 0 Å². The molecule has 2 heterocycles. The lowest BCUT2D eigenvalue weighted by Crippen LogP contribution is -1.98. The lowest BCUT2D eigenvalue weighted by atomic mass is 10.1. The van der Waals surface area contributed by atoms with Crippen molar-refractivity contribution in [3.8, 4) is 5.75 Å². The van der Waals surface area contributed by atoms with E-state index in [-0.39, 0.29) is 5.92 Å². The Balaban J connectivity index is 1.25. The number of rotatable bonds is 5. The summed E-state index contributed by atoms with van der Waals surface area (Å²) in [6.45, 7) is 0.297. The van der Waals surface area contributed by atoms with Gasteiger partial charge >= 0.3 is 0 Å². The Hall–Kier alpha value is -3.15. The highest BCUT2D eigenvalue weighted by Gasteiger charge is 2.45. The highest BCUT2D eigenvalue weighted by Crippen LogP contribution is 2.53. The minimum Gasteiger partial charge on any atom is -0.485 e. The van der Waals surface area contributed by atoms with E-state index in [2.05, 4.69) is 33.4 Å². The van der Waals surface area contributed by atoms with Crippen molar-refractivity contribution >= 4 is 10.8 Å². The zero-order chi connectivity index (χ0) is 17.5. The average molecular weight is 346 g/mol. The Labute approximate surface area is 150 Å². The molecule has 6 heteroatoms. The van der Waals surface area contributed by atoms with E-state index in [1.165, 1.54) is 11.1 Å². The minimum atomic E-state index is 0.285. The molecule has 0 radical (unpaired) electrons. The van der Waals surface area contributed by atoms with E-state index in [0.29, 0.717) is 24.2 Å². The number of nitrogens with zero attached hydrogens (tertiary/aromatic N) is 4. The summed E-state index contributed by atoms with van der Waals surface area (Å²) in [4.78, 5) is 4.51. The van der Waals surface area contributed by atoms with Crippen molar-refractivity contribution in [3.05, 3.63) is 72.1 Å². The predicted octanol–water partition coefficient (Wildman–Crippen LogP) is 3.81. The number of ether oxygens (including phenoxy) is 1. The van der Waals surface area contributed by atoms with E-state index >= 15 is 0 Å². The first kappa shape index (κ1) is 15.1. The van der Waals surface area contributed by atoms with E-state index in [0.717, 1.165) is 17.6 Å². The highest BCUT2D eigenvalue weighted by molar-refractivity contribution is 5.83. The standard InChI is InChI=1S/C20H18N4O2/c1-24-18(8-9-21-24)16-11-17(16)20-22-19(23-26-20)12-25-15-7-6-13-4-2-3-5-14(13)10-15/h2-10,16-17H,11-12H2,1H3/t16-,17-/m1/s1. The summed E-state index contributed by atoms with van der Waals surface area (Å²) in [5.74, 6) is 2.76. The third-order valence-corrected chi connectivity index (χ3v) is 4.92. The van der Waals surface area contributed by atoms with Crippen LogP contribution < -0.4 is 4.74 Å². The fourth-order valence-corrected chi connectivity index (χ4v) is 3.42. The van der Waals surface area contributed by atoms with Gasteiger partial charge in [0.2, 0.25) is 11.7 Å². The molecule has 4 aromatic rings. The molecule has 5 rings (SSSR count). The second kappa shape index (κ2) is 5.98. The zero-order valence-corrected chi connectivity index (χ0v) is 14.4. The van der Waals surface area contributed by atoms with Crippen molar-refractivity contribution < 1.29 is 9.26 Å². The van der Waals surface area contributed by atoms with Crippen molar-refractivity contribution in [3.63, 3.8) is 0 Å². The van der Waals surface area contributed by atoms with Crippen LogP contribution in [0.5, 0.6) is 5.75 Å². The minimum absolute atomic E-state index is 0.285. The van der Waals surface area contributed by atoms with Crippen LogP contribution in [0.25, 0.3) is 10.8 Å². The fraction of sp³-hybridized carbons (Fsp3) is 0.250. The molecule has 0 N–H and O–H groups in total. The monoisotopic (exact) mass is 346 g/mol. The molecule has 2 aromatic carbocycles. The second-order valence-electron chi connectivity index (χ2n) is 6.67. The normalized spacial score (nSPS) is 19.0. The Morgan fingerprint density at radius 2 is 2.00 bits per heavy atom. The summed E-state index contributed by atoms with van der Waals surface area (Å²) in [7, 11) is 1.96. The van der Waals surface area contributed by atoms with Gasteiger partial charge in [0.1, 0.15) is 5.75 Å². The van der Waals surface area contributed by atoms with Crippen LogP contribution in [0.2, 0.25) is 0 Å². The first-order valence-corrected chi connectivity index (χ1v) is 8.70. The topological polar surface area (TPSA) is 66.0 Å². The Kier molecular flexibility index (Phi) is 3.48. The molecule has 130 valence electrons. The second-order valence-corrected chi connectivity index (χ2v) is 6.67. The molecule has 0 spiro atoms. The van der Waals surface area contributed by atoms with Gasteiger partial charge in [0.25, 0.3) is 0 Å². The third kappa shape index (κ3) is 2.73. The lowest BCUT2D eigenvalue weighted by molar-refractivity contribution is 0.285. The van der Waals surface area contributed by atoms with Gasteiger partial charge in [-0.05, 0) is 35.4 Å². The third-order valence-electron chi connectivity index (χ3n) is 4.92. The molecule has 0 aliphatic heterocycles. The SMILES string of the molecule is Cn1nccc1[C@@H]1C[C@H]1c1nc(COc2ccc3ccccc3c2)no1. The number of aromatic nitrogens is 4. The summed E-state index contributed by atoms with van der Waals surface area (Å²) in [5.41, 5.74) is 1.21. The molecule has 1 fully saturated rings. The molecular weight excluding hydrogens is 328 g/mol. The molecule has 0 amide bonds. The average Bonchev–Trinajstić information content (AvgIpc) is 3.10. The molecule has 1 aliphatic rings. The van der Waals surface area contributed by atoms with Crippen LogP contribution in [0.1, 0.15) is 35.7 Å². The van der Waals surface area contributed by atoms with Gasteiger partial charge in [-0.15, -0.1) is 0 Å². The van der Waals surface area contributed by atoms with Gasteiger partial charge in [-0.2, -0.15) is 10.1 Å². The highest BCUT2D eigenvalue weighted by atomic mass is 16.5. The number of fused-ring (bicyclic) bond motifs is 1. The van der Waals surface area contributed by atoms with Crippen LogP contribution in [0.4, 0.5) is 0 Å². The molecule has 6 nitrogen and oxygen atoms in total. The quantitative estimate of drug-likeness (QED) is 0.550. The summed E-state index contributed by atoms with van der Waals surface area (Å²) >= 11 is 0. The van der Waals surface area contributed by atoms with Gasteiger partial charge < -0.3 is 9.26 Å². The molecule has 26 heavy (non-hydrogen) atoms. The first-order valence-electron chi connectivity index (χ1n) is 8.70. The number of aryl methyl sites for hydroxylation is 1. The van der Waals surface area contributed by atoms with E-state index in [4.69, 9.17) is 9.26 Å². The Bertz CT molecular complexity index is 1070. The van der Waals surface area contributed by atoms with Gasteiger partial charge in [-0.1, -0.05) is 35.5 Å². The molecule has 1 aliphatic carbocycles. The van der Waals surface area contributed by atoms with Crippen LogP contribution in [-0.2, 0) is 13.7 Å². The van der Waals surface area contributed by atoms with Crippen LogP contribution in [-0.4, -0.2) is 19.9 Å². The smallest absolute Gasteiger partial charge is 0.230 e. The molecule has 2 atom stereocenters. The van der Waals surface area contributed by atoms with Gasteiger partial charge in [0, 0.05) is 30.8 Å². The summed E-state index contributed by atoms with van der Waals surface area (Å²) in [5, 5.41) is 10.6. The van der Waals surface area contributed by atoms with Crippen LogP contribution in [0, 0.1) is 0 Å². The Morgan fingerprint density at radius 1 is 1.12 bits per heavy atom. The molecule has 0 saturated heterocycles. The fourth-order valence-electron chi connectivity index (χ4n) is 3.42. The summed E-state index contributed by atoms with van der Waals surface area (Å²) < 4.78 is 13.2. The van der Waals surface area contributed by atoms with Crippen LogP contribution in [0.15, 0.2) is 59.3 Å².